The van der Waals surface area contributed by atoms with E-state index >= 15 is 0 Å². The van der Waals surface area contributed by atoms with Crippen molar-refractivity contribution in [3.8, 4) is 5.75 Å². The molecule has 0 unspecified atom stereocenters. The Kier molecular flexibility index (Phi) is 4.58. The molecule has 0 aliphatic rings. The van der Waals surface area contributed by atoms with E-state index in [2.05, 4.69) is 10.3 Å². The number of amides is 1. The summed E-state index contributed by atoms with van der Waals surface area (Å²) in [5, 5.41) is 3.45. The number of pyridine rings is 1. The highest BCUT2D eigenvalue weighted by atomic mass is 35.5. The van der Waals surface area contributed by atoms with Crippen LogP contribution in [0.1, 0.15) is 28.9 Å². The molecule has 0 radical (unpaired) electrons. The minimum atomic E-state index is -0.206. The maximum Gasteiger partial charge on any atom is 0.255 e. The van der Waals surface area contributed by atoms with Crippen LogP contribution in [0.2, 0.25) is 5.02 Å². The molecule has 1 aromatic heterocycles. The zero-order chi connectivity index (χ0) is 14.5. The summed E-state index contributed by atoms with van der Waals surface area (Å²) in [6.45, 7) is 1.91. The summed E-state index contributed by atoms with van der Waals surface area (Å²) < 4.78 is 5.18. The second-order valence-electron chi connectivity index (χ2n) is 4.32. The summed E-state index contributed by atoms with van der Waals surface area (Å²) >= 11 is 5.88. The van der Waals surface area contributed by atoms with Crippen LogP contribution in [0.4, 0.5) is 0 Å². The lowest BCUT2D eigenvalue weighted by atomic mass is 10.1. The first kappa shape index (κ1) is 14.3. The van der Waals surface area contributed by atoms with Crippen molar-refractivity contribution in [1.29, 1.82) is 0 Å². The number of rotatable bonds is 4. The van der Waals surface area contributed by atoms with Gasteiger partial charge in [0, 0.05) is 17.4 Å². The van der Waals surface area contributed by atoms with E-state index in [1.807, 2.05) is 19.1 Å². The Morgan fingerprint density at radius 3 is 2.65 bits per heavy atom. The normalized spacial score (nSPS) is 11.8. The number of aromatic nitrogens is 1. The first-order valence-corrected chi connectivity index (χ1v) is 6.54. The van der Waals surface area contributed by atoms with Gasteiger partial charge in [0.25, 0.3) is 5.91 Å². The van der Waals surface area contributed by atoms with Crippen molar-refractivity contribution in [2.45, 2.75) is 13.0 Å². The van der Waals surface area contributed by atoms with E-state index in [0.29, 0.717) is 16.3 Å². The van der Waals surface area contributed by atoms with Crippen molar-refractivity contribution in [2.24, 2.45) is 0 Å². The van der Waals surface area contributed by atoms with Crippen LogP contribution in [0.15, 0.2) is 42.7 Å². The molecular weight excluding hydrogens is 276 g/mol. The van der Waals surface area contributed by atoms with Crippen molar-refractivity contribution < 1.29 is 9.53 Å². The quantitative estimate of drug-likeness (QED) is 0.940. The van der Waals surface area contributed by atoms with Crippen LogP contribution in [-0.2, 0) is 0 Å². The van der Waals surface area contributed by atoms with Crippen LogP contribution in [-0.4, -0.2) is 18.0 Å². The monoisotopic (exact) mass is 290 g/mol. The van der Waals surface area contributed by atoms with Crippen LogP contribution in [0.25, 0.3) is 0 Å². The predicted molar refractivity (Wildman–Crippen MR) is 78.1 cm³/mol. The fourth-order valence-corrected chi connectivity index (χ4v) is 2.02. The molecule has 4 nitrogen and oxygen atoms in total. The molecule has 0 fully saturated rings. The van der Waals surface area contributed by atoms with Gasteiger partial charge in [0.05, 0.1) is 18.7 Å². The molecule has 0 aliphatic heterocycles. The van der Waals surface area contributed by atoms with Crippen molar-refractivity contribution >= 4 is 17.5 Å². The first-order valence-electron chi connectivity index (χ1n) is 6.16. The van der Waals surface area contributed by atoms with Crippen LogP contribution >= 0.6 is 11.6 Å². The van der Waals surface area contributed by atoms with Gasteiger partial charge in [-0.2, -0.15) is 0 Å². The number of carbonyl (C=O) groups excluding carboxylic acids is 1. The summed E-state index contributed by atoms with van der Waals surface area (Å²) in [5.41, 5.74) is 1.44. The topological polar surface area (TPSA) is 51.2 Å². The molecule has 20 heavy (non-hydrogen) atoms. The lowest BCUT2D eigenvalue weighted by Crippen LogP contribution is -2.27. The minimum Gasteiger partial charge on any atom is -0.496 e. The summed E-state index contributed by atoms with van der Waals surface area (Å²) in [5.74, 6) is 0.250. The molecule has 1 atom stereocenters. The third-order valence-corrected chi connectivity index (χ3v) is 3.20. The number of nitrogens with one attached hydrogen (secondary N) is 1. The number of ether oxygens (including phenoxy) is 1. The molecule has 1 amide bonds. The Morgan fingerprint density at radius 2 is 2.00 bits per heavy atom. The SMILES string of the molecule is COc1cc(Cl)ccc1C(=O)N[C@@H](C)c1ccncc1. The van der Waals surface area contributed by atoms with Gasteiger partial charge in [-0.15, -0.1) is 0 Å². The van der Waals surface area contributed by atoms with Crippen molar-refractivity contribution in [3.63, 3.8) is 0 Å². The molecule has 1 N–H and O–H groups in total. The zero-order valence-corrected chi connectivity index (χ0v) is 12.0. The average molecular weight is 291 g/mol. The smallest absolute Gasteiger partial charge is 0.255 e. The van der Waals surface area contributed by atoms with E-state index in [4.69, 9.17) is 16.3 Å². The highest BCUT2D eigenvalue weighted by Gasteiger charge is 2.15. The molecule has 5 heteroatoms. The molecular formula is C15H15ClN2O2. The third kappa shape index (κ3) is 3.27. The van der Waals surface area contributed by atoms with Crippen LogP contribution < -0.4 is 10.1 Å². The standard InChI is InChI=1S/C15H15ClN2O2/c1-10(11-5-7-17-8-6-11)18-15(19)13-4-3-12(16)9-14(13)20-2/h3-10H,1-2H3,(H,18,19)/t10-/m0/s1. The Labute approximate surface area is 122 Å². The fraction of sp³-hybridized carbons (Fsp3) is 0.200. The number of halogens is 1. The molecule has 1 heterocycles. The van der Waals surface area contributed by atoms with E-state index in [1.165, 1.54) is 7.11 Å². The van der Waals surface area contributed by atoms with Crippen LogP contribution in [0, 0.1) is 0 Å². The third-order valence-electron chi connectivity index (χ3n) is 2.96. The van der Waals surface area contributed by atoms with Crippen molar-refractivity contribution in [1.82, 2.24) is 10.3 Å². The largest absolute Gasteiger partial charge is 0.496 e. The van der Waals surface area contributed by atoms with E-state index in [1.54, 1.807) is 30.6 Å². The minimum absolute atomic E-state index is 0.120. The number of hydrogen-bond acceptors (Lipinski definition) is 3. The van der Waals surface area contributed by atoms with Crippen molar-refractivity contribution in [2.75, 3.05) is 7.11 Å². The van der Waals surface area contributed by atoms with E-state index in [-0.39, 0.29) is 11.9 Å². The molecule has 0 bridgehead atoms. The summed E-state index contributed by atoms with van der Waals surface area (Å²) in [6, 6.07) is 8.54. The molecule has 0 spiro atoms. The van der Waals surface area contributed by atoms with Gasteiger partial charge in [-0.1, -0.05) is 11.6 Å². The average Bonchev–Trinajstić information content (AvgIpc) is 2.47. The zero-order valence-electron chi connectivity index (χ0n) is 11.3. The van der Waals surface area contributed by atoms with Crippen molar-refractivity contribution in [3.05, 3.63) is 58.9 Å². The number of benzene rings is 1. The highest BCUT2D eigenvalue weighted by molar-refractivity contribution is 6.30. The Morgan fingerprint density at radius 1 is 1.30 bits per heavy atom. The summed E-state index contributed by atoms with van der Waals surface area (Å²) in [6.07, 6.45) is 3.39. The van der Waals surface area contributed by atoms with E-state index < -0.39 is 0 Å². The second-order valence-corrected chi connectivity index (χ2v) is 4.76. The second kappa shape index (κ2) is 6.39. The highest BCUT2D eigenvalue weighted by Crippen LogP contribution is 2.23. The molecule has 2 rings (SSSR count). The van der Waals surface area contributed by atoms with Crippen LogP contribution in [0.5, 0.6) is 5.75 Å². The number of hydrogen-bond donors (Lipinski definition) is 1. The van der Waals surface area contributed by atoms with E-state index in [0.717, 1.165) is 5.56 Å². The molecule has 2 aromatic rings. The van der Waals surface area contributed by atoms with Gasteiger partial charge in [0.1, 0.15) is 5.75 Å². The predicted octanol–water partition coefficient (Wildman–Crippen LogP) is 3.23. The Bertz CT molecular complexity index is 602. The summed E-state index contributed by atoms with van der Waals surface area (Å²) in [4.78, 5) is 16.2. The molecule has 0 saturated heterocycles. The lowest BCUT2D eigenvalue weighted by molar-refractivity contribution is 0.0937. The lowest BCUT2D eigenvalue weighted by Gasteiger charge is -2.15. The first-order chi connectivity index (χ1) is 9.61. The fourth-order valence-electron chi connectivity index (χ4n) is 1.86. The van der Waals surface area contributed by atoms with Gasteiger partial charge in [-0.3, -0.25) is 9.78 Å². The van der Waals surface area contributed by atoms with Crippen LogP contribution in [0.3, 0.4) is 0 Å². The van der Waals surface area contributed by atoms with Gasteiger partial charge >= 0.3 is 0 Å². The van der Waals surface area contributed by atoms with Gasteiger partial charge < -0.3 is 10.1 Å². The van der Waals surface area contributed by atoms with E-state index in [9.17, 15) is 4.79 Å². The molecule has 104 valence electrons. The van der Waals surface area contributed by atoms with Gasteiger partial charge in [0.2, 0.25) is 0 Å². The number of nitrogens with zero attached hydrogens (tertiary/aromatic N) is 1. The molecule has 0 saturated carbocycles. The maximum atomic E-state index is 12.3. The molecule has 1 aromatic carbocycles. The summed E-state index contributed by atoms with van der Waals surface area (Å²) in [7, 11) is 1.51. The van der Waals surface area contributed by atoms with Gasteiger partial charge in [-0.05, 0) is 42.8 Å². The Balaban J connectivity index is 2.16. The number of methoxy groups -OCH3 is 1. The Hall–Kier alpha value is -2.07. The van der Waals surface area contributed by atoms with Gasteiger partial charge in [-0.25, -0.2) is 0 Å². The van der Waals surface area contributed by atoms with Gasteiger partial charge in [0.15, 0.2) is 0 Å². The maximum absolute atomic E-state index is 12.3. The molecule has 0 aliphatic carbocycles. The number of carbonyl (C=O) groups is 1.